The molecular weight excluding hydrogens is 439 g/mol. The Morgan fingerprint density at radius 1 is 1.12 bits per heavy atom. The maximum Gasteiger partial charge on any atom is 0.255 e. The molecule has 1 aromatic heterocycles. The predicted octanol–water partition coefficient (Wildman–Crippen LogP) is 2.24. The molecule has 3 amide bonds. The van der Waals surface area contributed by atoms with Gasteiger partial charge in [0.25, 0.3) is 5.91 Å². The molecule has 2 fully saturated rings. The van der Waals surface area contributed by atoms with E-state index in [0.717, 1.165) is 49.6 Å². The second kappa shape index (κ2) is 9.21. The lowest BCUT2D eigenvalue weighted by Gasteiger charge is -2.36. The molecule has 1 unspecified atom stereocenters. The van der Waals surface area contributed by atoms with Crippen LogP contribution in [0.5, 0.6) is 0 Å². The summed E-state index contributed by atoms with van der Waals surface area (Å²) in [6.45, 7) is 6.27. The number of amides is 3. The maximum absolute atomic E-state index is 15.0. The van der Waals surface area contributed by atoms with Gasteiger partial charge in [0.15, 0.2) is 0 Å². The average Bonchev–Trinajstić information content (AvgIpc) is 3.37. The van der Waals surface area contributed by atoms with Crippen molar-refractivity contribution < 1.29 is 23.2 Å². The first-order chi connectivity index (χ1) is 16.4. The van der Waals surface area contributed by atoms with Crippen molar-refractivity contribution in [2.75, 3.05) is 37.6 Å². The highest BCUT2D eigenvalue weighted by Crippen LogP contribution is 2.33. The van der Waals surface area contributed by atoms with E-state index in [4.69, 9.17) is 4.42 Å². The Bertz CT molecular complexity index is 1120. The molecule has 2 saturated heterocycles. The van der Waals surface area contributed by atoms with Crippen molar-refractivity contribution in [3.05, 3.63) is 52.7 Å². The SMILES string of the molecule is Cc1ccc(CCCN2CCN(c3cc4c(cc3F)C(=O)N(C3CCC(=O)NC3=O)C4)CC2)o1. The van der Waals surface area contributed by atoms with Crippen LogP contribution in [0.4, 0.5) is 10.1 Å². The Balaban J connectivity index is 1.19. The van der Waals surface area contributed by atoms with Crippen LogP contribution in [0.25, 0.3) is 0 Å². The molecule has 0 radical (unpaired) electrons. The van der Waals surface area contributed by atoms with E-state index in [9.17, 15) is 14.4 Å². The van der Waals surface area contributed by atoms with Gasteiger partial charge < -0.3 is 14.2 Å². The summed E-state index contributed by atoms with van der Waals surface area (Å²) in [7, 11) is 0. The van der Waals surface area contributed by atoms with Crippen molar-refractivity contribution in [1.82, 2.24) is 15.1 Å². The zero-order valence-electron chi connectivity index (χ0n) is 19.3. The van der Waals surface area contributed by atoms with Gasteiger partial charge in [-0.2, -0.15) is 0 Å². The molecule has 1 atom stereocenters. The Morgan fingerprint density at radius 2 is 1.91 bits per heavy atom. The molecule has 5 rings (SSSR count). The molecule has 34 heavy (non-hydrogen) atoms. The molecule has 180 valence electrons. The molecular formula is C25H29FN4O4. The first-order valence-corrected chi connectivity index (χ1v) is 11.9. The minimum Gasteiger partial charge on any atom is -0.466 e. The Labute approximate surface area is 197 Å². The number of rotatable bonds is 6. The summed E-state index contributed by atoms with van der Waals surface area (Å²) in [5.41, 5.74) is 1.53. The van der Waals surface area contributed by atoms with Crippen LogP contribution >= 0.6 is 0 Å². The highest BCUT2D eigenvalue weighted by Gasteiger charge is 2.39. The van der Waals surface area contributed by atoms with E-state index in [1.807, 2.05) is 24.0 Å². The molecule has 1 N–H and O–H groups in total. The van der Waals surface area contributed by atoms with Gasteiger partial charge >= 0.3 is 0 Å². The third-order valence-corrected chi connectivity index (χ3v) is 7.00. The summed E-state index contributed by atoms with van der Waals surface area (Å²) >= 11 is 0. The number of nitrogens with one attached hydrogen (secondary N) is 1. The number of aryl methyl sites for hydroxylation is 2. The van der Waals surface area contributed by atoms with Gasteiger partial charge in [0.1, 0.15) is 23.4 Å². The van der Waals surface area contributed by atoms with E-state index in [-0.39, 0.29) is 24.8 Å². The molecule has 2 aromatic rings. The summed E-state index contributed by atoms with van der Waals surface area (Å²) < 4.78 is 20.7. The maximum atomic E-state index is 15.0. The standard InChI is InChI=1S/C25H29FN4O4/c1-16-4-5-18(34-16)3-2-8-28-9-11-29(12-10-28)22-13-17-15-30(25(33)19(17)14-20(22)26)21-6-7-23(31)27-24(21)32/h4-5,13-14,21H,2-3,6-12,15H2,1H3,(H,27,31,32). The minimum absolute atomic E-state index is 0.196. The third-order valence-electron chi connectivity index (χ3n) is 7.00. The van der Waals surface area contributed by atoms with Crippen molar-refractivity contribution in [3.63, 3.8) is 0 Å². The number of furan rings is 1. The van der Waals surface area contributed by atoms with Crippen LogP contribution in [0, 0.1) is 12.7 Å². The highest BCUT2D eigenvalue weighted by atomic mass is 19.1. The number of hydrogen-bond acceptors (Lipinski definition) is 6. The van der Waals surface area contributed by atoms with Crippen molar-refractivity contribution in [1.29, 1.82) is 0 Å². The molecule has 0 spiro atoms. The Hall–Kier alpha value is -3.20. The van der Waals surface area contributed by atoms with E-state index >= 15 is 4.39 Å². The molecule has 0 aliphatic carbocycles. The van der Waals surface area contributed by atoms with Crippen LogP contribution in [0.3, 0.4) is 0 Å². The lowest BCUT2D eigenvalue weighted by molar-refractivity contribution is -0.136. The number of piperidine rings is 1. The number of fused-ring (bicyclic) bond motifs is 1. The van der Waals surface area contributed by atoms with Crippen LogP contribution in [-0.2, 0) is 22.6 Å². The Kier molecular flexibility index (Phi) is 6.12. The van der Waals surface area contributed by atoms with Crippen molar-refractivity contribution in [2.45, 2.75) is 45.2 Å². The predicted molar refractivity (Wildman–Crippen MR) is 123 cm³/mol. The lowest BCUT2D eigenvalue weighted by atomic mass is 10.0. The molecule has 8 nitrogen and oxygen atoms in total. The third kappa shape index (κ3) is 4.44. The quantitative estimate of drug-likeness (QED) is 0.655. The van der Waals surface area contributed by atoms with Gasteiger partial charge in [-0.15, -0.1) is 0 Å². The second-order valence-electron chi connectivity index (χ2n) is 9.31. The van der Waals surface area contributed by atoms with E-state index < -0.39 is 17.8 Å². The van der Waals surface area contributed by atoms with Crippen molar-refractivity contribution in [3.8, 4) is 0 Å². The summed E-state index contributed by atoms with van der Waals surface area (Å²) in [6, 6.07) is 6.37. The number of anilines is 1. The van der Waals surface area contributed by atoms with Crippen LogP contribution in [0.15, 0.2) is 28.7 Å². The largest absolute Gasteiger partial charge is 0.466 e. The van der Waals surface area contributed by atoms with E-state index in [0.29, 0.717) is 30.8 Å². The summed E-state index contributed by atoms with van der Waals surface area (Å²) in [5, 5.41) is 2.29. The summed E-state index contributed by atoms with van der Waals surface area (Å²) in [5.74, 6) is 0.384. The van der Waals surface area contributed by atoms with Gasteiger partial charge in [0.2, 0.25) is 11.8 Å². The highest BCUT2D eigenvalue weighted by molar-refractivity contribution is 6.05. The average molecular weight is 469 g/mol. The van der Waals surface area contributed by atoms with Gasteiger partial charge in [-0.1, -0.05) is 0 Å². The van der Waals surface area contributed by atoms with E-state index in [1.54, 1.807) is 6.07 Å². The zero-order valence-corrected chi connectivity index (χ0v) is 19.3. The van der Waals surface area contributed by atoms with E-state index in [2.05, 4.69) is 10.2 Å². The molecule has 3 aliphatic heterocycles. The number of benzene rings is 1. The fraction of sp³-hybridized carbons (Fsp3) is 0.480. The summed E-state index contributed by atoms with van der Waals surface area (Å²) in [6.07, 6.45) is 2.41. The molecule has 3 aliphatic rings. The second-order valence-corrected chi connectivity index (χ2v) is 9.31. The molecule has 4 heterocycles. The van der Waals surface area contributed by atoms with Gasteiger partial charge in [-0.05, 0) is 56.1 Å². The number of nitrogens with zero attached hydrogens (tertiary/aromatic N) is 3. The Morgan fingerprint density at radius 3 is 2.62 bits per heavy atom. The van der Waals surface area contributed by atoms with Crippen LogP contribution < -0.4 is 10.2 Å². The van der Waals surface area contributed by atoms with Gasteiger partial charge in [-0.3, -0.25) is 24.6 Å². The fourth-order valence-electron chi connectivity index (χ4n) is 5.13. The van der Waals surface area contributed by atoms with Crippen LogP contribution in [-0.4, -0.2) is 66.3 Å². The monoisotopic (exact) mass is 468 g/mol. The molecule has 0 saturated carbocycles. The minimum atomic E-state index is -0.697. The van der Waals surface area contributed by atoms with Gasteiger partial charge in [0, 0.05) is 51.1 Å². The molecule has 0 bridgehead atoms. The topological polar surface area (TPSA) is 86.1 Å². The normalized spacial score (nSPS) is 21.2. The first kappa shape index (κ1) is 22.6. The van der Waals surface area contributed by atoms with Gasteiger partial charge in [0.05, 0.1) is 5.69 Å². The van der Waals surface area contributed by atoms with Crippen LogP contribution in [0.1, 0.15) is 46.7 Å². The summed E-state index contributed by atoms with van der Waals surface area (Å²) in [4.78, 5) is 42.4. The molecule has 1 aromatic carbocycles. The fourth-order valence-corrected chi connectivity index (χ4v) is 5.13. The number of halogens is 1. The van der Waals surface area contributed by atoms with Crippen LogP contribution in [0.2, 0.25) is 0 Å². The van der Waals surface area contributed by atoms with Crippen molar-refractivity contribution >= 4 is 23.4 Å². The first-order valence-electron chi connectivity index (χ1n) is 11.9. The number of hydrogen-bond donors (Lipinski definition) is 1. The smallest absolute Gasteiger partial charge is 0.255 e. The van der Waals surface area contributed by atoms with Crippen molar-refractivity contribution in [2.24, 2.45) is 0 Å². The molecule has 9 heteroatoms. The number of piperazine rings is 1. The number of carbonyl (C=O) groups excluding carboxylic acids is 3. The number of carbonyl (C=O) groups is 3. The van der Waals surface area contributed by atoms with Gasteiger partial charge in [-0.25, -0.2) is 4.39 Å². The zero-order chi connectivity index (χ0) is 23.8. The lowest BCUT2D eigenvalue weighted by Crippen LogP contribution is -2.52. The van der Waals surface area contributed by atoms with E-state index in [1.165, 1.54) is 11.0 Å². The number of imide groups is 1.